The molecule has 1 rings (SSSR count). The van der Waals surface area contributed by atoms with Crippen LogP contribution in [0.3, 0.4) is 0 Å². The van der Waals surface area contributed by atoms with Crippen LogP contribution in [0.1, 0.15) is 0 Å². The molecule has 2 N–H and O–H groups in total. The van der Waals surface area contributed by atoms with Crippen LogP contribution in [0.4, 0.5) is 5.95 Å². The van der Waals surface area contributed by atoms with E-state index < -0.39 is 10.3 Å². The van der Waals surface area contributed by atoms with Gasteiger partial charge >= 0.3 is 5.95 Å². The number of rotatable bonds is 6. The molecule has 0 spiro atoms. The van der Waals surface area contributed by atoms with Crippen LogP contribution in [0.25, 0.3) is 0 Å². The van der Waals surface area contributed by atoms with Gasteiger partial charge in [-0.05, 0) is 4.92 Å². The van der Waals surface area contributed by atoms with Crippen molar-refractivity contribution in [2.45, 2.75) is 6.54 Å². The van der Waals surface area contributed by atoms with Crippen LogP contribution in [0.15, 0.2) is 12.4 Å². The molecule has 16 heavy (non-hydrogen) atoms. The highest BCUT2D eigenvalue weighted by molar-refractivity contribution is 6.18. The first kappa shape index (κ1) is 12.9. The van der Waals surface area contributed by atoms with E-state index in [-0.39, 0.29) is 31.6 Å². The van der Waals surface area contributed by atoms with Gasteiger partial charge in [0.15, 0.2) is 0 Å². The van der Waals surface area contributed by atoms with Crippen LogP contribution in [0.5, 0.6) is 0 Å². The summed E-state index contributed by atoms with van der Waals surface area (Å²) in [5, 5.41) is 28.9. The molecule has 0 saturated carbocycles. The maximum Gasteiger partial charge on any atom is 0.434 e. The van der Waals surface area contributed by atoms with Gasteiger partial charge < -0.3 is 20.3 Å². The molecule has 0 unspecified atom stereocenters. The second-order valence-corrected chi connectivity index (χ2v) is 3.83. The molecule has 0 aliphatic rings. The Bertz CT molecular complexity index is 356. The summed E-state index contributed by atoms with van der Waals surface area (Å²) in [6.45, 7) is -0.676. The van der Waals surface area contributed by atoms with Gasteiger partial charge in [0, 0.05) is 5.88 Å². The number of aliphatic hydroxyl groups is 2. The minimum absolute atomic E-state index is 0.00463. The molecular weight excluding hydrogens is 238 g/mol. The number of nitro groups is 1. The number of imidazole rings is 1. The summed E-state index contributed by atoms with van der Waals surface area (Å²) in [4.78, 5) is 13.5. The lowest BCUT2D eigenvalue weighted by molar-refractivity contribution is -0.397. The predicted octanol–water partition coefficient (Wildman–Crippen LogP) is 0.00110. The Morgan fingerprint density at radius 2 is 2.19 bits per heavy atom. The second kappa shape index (κ2) is 5.24. The Morgan fingerprint density at radius 3 is 2.62 bits per heavy atom. The normalized spacial score (nSPS) is 11.7. The molecule has 0 amide bonds. The van der Waals surface area contributed by atoms with Gasteiger partial charge in [-0.15, -0.1) is 11.6 Å². The zero-order valence-corrected chi connectivity index (χ0v) is 9.17. The number of aromatic nitrogens is 2. The largest absolute Gasteiger partial charge is 0.434 e. The highest BCUT2D eigenvalue weighted by Crippen LogP contribution is 2.23. The molecule has 0 aliphatic heterocycles. The smallest absolute Gasteiger partial charge is 0.396 e. The number of aliphatic hydroxyl groups excluding tert-OH is 2. The fourth-order valence-corrected chi connectivity index (χ4v) is 1.49. The molecule has 7 nitrogen and oxygen atoms in total. The van der Waals surface area contributed by atoms with Crippen molar-refractivity contribution in [3.63, 3.8) is 0 Å². The van der Waals surface area contributed by atoms with Crippen molar-refractivity contribution in [1.29, 1.82) is 0 Å². The van der Waals surface area contributed by atoms with Crippen LogP contribution < -0.4 is 0 Å². The van der Waals surface area contributed by atoms with E-state index in [0.717, 1.165) is 0 Å². The summed E-state index contributed by atoms with van der Waals surface area (Å²) in [6.07, 6.45) is 2.69. The molecule has 1 aromatic heterocycles. The molecular formula is C8H12ClN3O4. The summed E-state index contributed by atoms with van der Waals surface area (Å²) in [7, 11) is 0. The van der Waals surface area contributed by atoms with E-state index >= 15 is 0 Å². The molecule has 1 aromatic rings. The summed E-state index contributed by atoms with van der Waals surface area (Å²) in [6, 6.07) is 0. The van der Waals surface area contributed by atoms with Gasteiger partial charge in [0.2, 0.25) is 0 Å². The van der Waals surface area contributed by atoms with Crippen molar-refractivity contribution in [3.05, 3.63) is 22.5 Å². The van der Waals surface area contributed by atoms with Crippen molar-refractivity contribution in [2.24, 2.45) is 5.41 Å². The first-order chi connectivity index (χ1) is 7.58. The van der Waals surface area contributed by atoms with Crippen LogP contribution >= 0.6 is 11.6 Å². The van der Waals surface area contributed by atoms with Gasteiger partial charge in [0.25, 0.3) is 0 Å². The van der Waals surface area contributed by atoms with E-state index in [1.165, 1.54) is 17.0 Å². The number of nitrogens with zero attached hydrogens (tertiary/aromatic N) is 3. The first-order valence-corrected chi connectivity index (χ1v) is 5.05. The Balaban J connectivity index is 2.93. The SMILES string of the molecule is O=[N+]([O-])c1nccn1CC(CO)(CO)CCl. The third-order valence-electron chi connectivity index (χ3n) is 2.32. The number of alkyl halides is 1. The molecule has 0 atom stereocenters. The highest BCUT2D eigenvalue weighted by atomic mass is 35.5. The zero-order chi connectivity index (χ0) is 12.2. The minimum atomic E-state index is -0.979. The number of hydrogen-bond donors (Lipinski definition) is 2. The molecule has 1 heterocycles. The van der Waals surface area contributed by atoms with E-state index in [9.17, 15) is 10.1 Å². The molecule has 0 fully saturated rings. The summed E-state index contributed by atoms with van der Waals surface area (Å²) in [5.74, 6) is -0.341. The van der Waals surface area contributed by atoms with Crippen LogP contribution in [-0.2, 0) is 6.54 Å². The third-order valence-corrected chi connectivity index (χ3v) is 2.88. The van der Waals surface area contributed by atoms with Crippen LogP contribution in [0, 0.1) is 15.5 Å². The summed E-state index contributed by atoms with van der Waals surface area (Å²) < 4.78 is 1.24. The number of halogens is 1. The molecule has 8 heteroatoms. The average molecular weight is 250 g/mol. The topological polar surface area (TPSA) is 101 Å². The summed E-state index contributed by atoms with van der Waals surface area (Å²) in [5.41, 5.74) is -0.979. The van der Waals surface area contributed by atoms with E-state index in [0.29, 0.717) is 0 Å². The molecule has 0 saturated heterocycles. The van der Waals surface area contributed by atoms with Crippen molar-refractivity contribution in [3.8, 4) is 0 Å². The van der Waals surface area contributed by atoms with E-state index in [1.54, 1.807) is 0 Å². The second-order valence-electron chi connectivity index (χ2n) is 3.56. The van der Waals surface area contributed by atoms with Gasteiger partial charge in [-0.1, -0.05) is 4.98 Å². The van der Waals surface area contributed by atoms with Crippen molar-refractivity contribution in [2.75, 3.05) is 19.1 Å². The molecule has 0 bridgehead atoms. The Labute approximate surface area is 96.4 Å². The molecule has 0 aromatic carbocycles. The van der Waals surface area contributed by atoms with Crippen molar-refractivity contribution < 1.29 is 15.1 Å². The lowest BCUT2D eigenvalue weighted by atomic mass is 9.92. The predicted molar refractivity (Wildman–Crippen MR) is 56.2 cm³/mol. The summed E-state index contributed by atoms with van der Waals surface area (Å²) >= 11 is 5.65. The fraction of sp³-hybridized carbons (Fsp3) is 0.625. The zero-order valence-electron chi connectivity index (χ0n) is 8.41. The lowest BCUT2D eigenvalue weighted by Crippen LogP contribution is -2.36. The van der Waals surface area contributed by atoms with Gasteiger partial charge in [-0.3, -0.25) is 0 Å². The third kappa shape index (κ3) is 2.49. The van der Waals surface area contributed by atoms with Crippen LogP contribution in [0.2, 0.25) is 0 Å². The standard InChI is InChI=1S/C8H12ClN3O4/c9-3-8(5-13,6-14)4-11-2-1-10-7(11)12(15)16/h1-2,13-14H,3-6H2. The fourth-order valence-electron chi connectivity index (χ4n) is 1.23. The molecule has 0 aliphatic carbocycles. The minimum Gasteiger partial charge on any atom is -0.396 e. The average Bonchev–Trinajstić information content (AvgIpc) is 2.74. The van der Waals surface area contributed by atoms with Gasteiger partial charge in [-0.2, -0.15) is 0 Å². The molecule has 90 valence electrons. The maximum absolute atomic E-state index is 10.6. The Hall–Kier alpha value is -1.18. The van der Waals surface area contributed by atoms with Gasteiger partial charge in [-0.25, -0.2) is 4.57 Å². The maximum atomic E-state index is 10.6. The van der Waals surface area contributed by atoms with Gasteiger partial charge in [0.1, 0.15) is 12.4 Å². The molecule has 0 radical (unpaired) electrons. The van der Waals surface area contributed by atoms with E-state index in [4.69, 9.17) is 21.8 Å². The van der Waals surface area contributed by atoms with Crippen molar-refractivity contribution >= 4 is 17.5 Å². The van der Waals surface area contributed by atoms with Crippen LogP contribution in [-0.4, -0.2) is 43.8 Å². The Kier molecular flexibility index (Phi) is 4.22. The number of hydrogen-bond acceptors (Lipinski definition) is 5. The van der Waals surface area contributed by atoms with E-state index in [2.05, 4.69) is 4.98 Å². The Morgan fingerprint density at radius 1 is 1.56 bits per heavy atom. The first-order valence-electron chi connectivity index (χ1n) is 4.52. The van der Waals surface area contributed by atoms with E-state index in [1.807, 2.05) is 0 Å². The highest BCUT2D eigenvalue weighted by Gasteiger charge is 2.32. The van der Waals surface area contributed by atoms with Gasteiger partial charge in [0.05, 0.1) is 25.2 Å². The lowest BCUT2D eigenvalue weighted by Gasteiger charge is -2.25. The van der Waals surface area contributed by atoms with Crippen molar-refractivity contribution in [1.82, 2.24) is 9.55 Å². The monoisotopic (exact) mass is 249 g/mol. The quantitative estimate of drug-likeness (QED) is 0.420.